The highest BCUT2D eigenvalue weighted by molar-refractivity contribution is 8.03. The molecule has 236 valence electrons. The Hall–Kier alpha value is -4.83. The van der Waals surface area contributed by atoms with E-state index in [-0.39, 0.29) is 5.91 Å². The summed E-state index contributed by atoms with van der Waals surface area (Å²) < 4.78 is 11.6. The van der Waals surface area contributed by atoms with Crippen molar-refractivity contribution in [2.24, 2.45) is 0 Å². The minimum atomic E-state index is -1.13. The standard InChI is InChI=1S/C36H35N3O6S/c1-36(2,3)45-35(43)37-28-32(41)39-29(34(42)44-30(23-13-7-4-8-14-23)24-15-9-5-10-16-24)26(22-46-33(28)39)21-25-19-20-38(31(25)40)27-17-11-6-12-18-27/h4-18,21-22,28-30,33H,19-20H2,1-3H3,(H,37,43)/t28-,29?,33-/m1/s1. The van der Waals surface area contributed by atoms with E-state index in [2.05, 4.69) is 5.32 Å². The van der Waals surface area contributed by atoms with Crippen LogP contribution in [0.15, 0.2) is 114 Å². The lowest BCUT2D eigenvalue weighted by atomic mass is 9.95. The lowest BCUT2D eigenvalue weighted by Gasteiger charge is -2.51. The third-order valence-electron chi connectivity index (χ3n) is 7.88. The lowest BCUT2D eigenvalue weighted by molar-refractivity contribution is -0.164. The molecule has 0 radical (unpaired) electrons. The Morgan fingerprint density at radius 2 is 1.50 bits per heavy atom. The number of nitrogens with one attached hydrogen (secondary N) is 1. The van der Waals surface area contributed by atoms with Gasteiger partial charge in [-0.05, 0) is 67.5 Å². The van der Waals surface area contributed by atoms with Gasteiger partial charge in [0.1, 0.15) is 17.0 Å². The highest BCUT2D eigenvalue weighted by Gasteiger charge is 2.56. The minimum Gasteiger partial charge on any atom is -0.451 e. The number of ether oxygens (including phenoxy) is 2. The predicted octanol–water partition coefficient (Wildman–Crippen LogP) is 5.74. The molecule has 0 bridgehead atoms. The van der Waals surface area contributed by atoms with Gasteiger partial charge in [0.2, 0.25) is 5.91 Å². The van der Waals surface area contributed by atoms with Crippen LogP contribution >= 0.6 is 11.8 Å². The number of benzene rings is 3. The quantitative estimate of drug-likeness (QED) is 0.200. The van der Waals surface area contributed by atoms with E-state index in [1.165, 1.54) is 16.7 Å². The van der Waals surface area contributed by atoms with E-state index in [4.69, 9.17) is 9.47 Å². The van der Waals surface area contributed by atoms with Crippen LogP contribution in [0.3, 0.4) is 0 Å². The van der Waals surface area contributed by atoms with E-state index in [0.717, 1.165) is 16.8 Å². The van der Waals surface area contributed by atoms with Crippen molar-refractivity contribution in [2.75, 3.05) is 11.4 Å². The Morgan fingerprint density at radius 1 is 0.913 bits per heavy atom. The van der Waals surface area contributed by atoms with Gasteiger partial charge in [0, 0.05) is 17.8 Å². The number of esters is 1. The molecule has 0 aromatic heterocycles. The van der Waals surface area contributed by atoms with E-state index >= 15 is 0 Å². The Morgan fingerprint density at radius 3 is 2.09 bits per heavy atom. The van der Waals surface area contributed by atoms with Crippen LogP contribution < -0.4 is 10.2 Å². The first-order valence-corrected chi connectivity index (χ1v) is 16.1. The number of amides is 3. The van der Waals surface area contributed by atoms with Gasteiger partial charge >= 0.3 is 12.1 Å². The number of anilines is 1. The van der Waals surface area contributed by atoms with Crippen molar-refractivity contribution in [2.45, 2.75) is 56.4 Å². The van der Waals surface area contributed by atoms with Gasteiger partial charge in [-0.1, -0.05) is 78.9 Å². The van der Waals surface area contributed by atoms with Crippen LogP contribution in [-0.4, -0.2) is 58.4 Å². The van der Waals surface area contributed by atoms with Gasteiger partial charge < -0.3 is 24.6 Å². The number of carbonyl (C=O) groups excluding carboxylic acids is 4. The fraction of sp³-hybridized carbons (Fsp3) is 0.278. The molecular formula is C36H35N3O6S. The molecule has 10 heteroatoms. The summed E-state index contributed by atoms with van der Waals surface area (Å²) in [5.74, 6) is -1.23. The summed E-state index contributed by atoms with van der Waals surface area (Å²) in [6.07, 6.45) is 0.745. The number of fused-ring (bicyclic) bond motifs is 1. The molecule has 1 unspecified atom stereocenters. The second kappa shape index (κ2) is 12.9. The molecule has 3 atom stereocenters. The summed E-state index contributed by atoms with van der Waals surface area (Å²) in [6.45, 7) is 5.72. The topological polar surface area (TPSA) is 105 Å². The molecule has 3 aliphatic heterocycles. The average Bonchev–Trinajstić information content (AvgIpc) is 3.41. The third kappa shape index (κ3) is 6.44. The van der Waals surface area contributed by atoms with Gasteiger partial charge in [-0.15, -0.1) is 11.8 Å². The van der Waals surface area contributed by atoms with Gasteiger partial charge in [0.05, 0.1) is 0 Å². The summed E-state index contributed by atoms with van der Waals surface area (Å²) in [7, 11) is 0. The zero-order valence-corrected chi connectivity index (χ0v) is 26.6. The Balaban J connectivity index is 1.31. The summed E-state index contributed by atoms with van der Waals surface area (Å²) in [5, 5.41) is 3.89. The monoisotopic (exact) mass is 637 g/mol. The number of para-hydroxylation sites is 1. The molecule has 3 heterocycles. The van der Waals surface area contributed by atoms with Crippen LogP contribution in [0, 0.1) is 0 Å². The largest absolute Gasteiger partial charge is 0.451 e. The Bertz CT molecular complexity index is 1650. The molecule has 6 rings (SSSR count). The van der Waals surface area contributed by atoms with Crippen molar-refractivity contribution >= 4 is 41.3 Å². The van der Waals surface area contributed by atoms with E-state index in [1.54, 1.807) is 37.2 Å². The van der Waals surface area contributed by atoms with Crippen molar-refractivity contribution in [3.63, 3.8) is 0 Å². The number of thioether (sulfide) groups is 1. The van der Waals surface area contributed by atoms with Gasteiger partial charge in [0.25, 0.3) is 5.91 Å². The summed E-state index contributed by atoms with van der Waals surface area (Å²) in [4.78, 5) is 57.1. The molecule has 1 N–H and O–H groups in total. The molecule has 0 saturated carbocycles. The lowest BCUT2D eigenvalue weighted by Crippen LogP contribution is -2.74. The summed E-state index contributed by atoms with van der Waals surface area (Å²) >= 11 is 1.30. The first-order valence-electron chi connectivity index (χ1n) is 15.2. The zero-order valence-electron chi connectivity index (χ0n) is 25.8. The van der Waals surface area contributed by atoms with Gasteiger partial charge in [-0.25, -0.2) is 9.59 Å². The average molecular weight is 638 g/mol. The number of β-lactam (4-membered cyclic amide) rings is 1. The third-order valence-corrected chi connectivity index (χ3v) is 9.07. The molecule has 3 amide bonds. The first-order chi connectivity index (χ1) is 22.1. The summed E-state index contributed by atoms with van der Waals surface area (Å²) in [6, 6.07) is 26.2. The molecule has 0 spiro atoms. The van der Waals surface area contributed by atoms with Crippen LogP contribution in [0.25, 0.3) is 0 Å². The zero-order chi connectivity index (χ0) is 32.4. The normalized spacial score (nSPS) is 21.9. The van der Waals surface area contributed by atoms with Crippen LogP contribution in [0.4, 0.5) is 10.5 Å². The molecule has 9 nitrogen and oxygen atoms in total. The maximum atomic E-state index is 14.3. The van der Waals surface area contributed by atoms with Crippen molar-refractivity contribution in [3.8, 4) is 0 Å². The van der Waals surface area contributed by atoms with E-state index in [9.17, 15) is 19.2 Å². The highest BCUT2D eigenvalue weighted by Crippen LogP contribution is 2.42. The van der Waals surface area contributed by atoms with Crippen molar-refractivity contribution in [1.82, 2.24) is 10.2 Å². The number of carbonyl (C=O) groups is 4. The highest BCUT2D eigenvalue weighted by atomic mass is 32.2. The van der Waals surface area contributed by atoms with Crippen molar-refractivity contribution in [3.05, 3.63) is 125 Å². The maximum Gasteiger partial charge on any atom is 0.408 e. The number of hydrogen-bond donors (Lipinski definition) is 1. The Labute approximate surface area is 272 Å². The van der Waals surface area contributed by atoms with Crippen LogP contribution in [0.5, 0.6) is 0 Å². The smallest absolute Gasteiger partial charge is 0.408 e. The molecule has 46 heavy (non-hydrogen) atoms. The van der Waals surface area contributed by atoms with Crippen LogP contribution in [0.1, 0.15) is 44.4 Å². The van der Waals surface area contributed by atoms with Gasteiger partial charge in [0.15, 0.2) is 12.1 Å². The van der Waals surface area contributed by atoms with Crippen molar-refractivity contribution in [1.29, 1.82) is 0 Å². The number of alkyl carbamates (subject to hydrolysis) is 1. The Kier molecular flexibility index (Phi) is 8.73. The van der Waals surface area contributed by atoms with Crippen LogP contribution in [0.2, 0.25) is 0 Å². The molecule has 3 aromatic rings. The number of nitrogens with zero attached hydrogens (tertiary/aromatic N) is 2. The maximum absolute atomic E-state index is 14.3. The molecule has 0 aliphatic carbocycles. The SMILES string of the molecule is CC(C)(C)OC(=O)N[C@@H]1C(=O)N2C(C(=O)OC(c3ccccc3)c3ccccc3)C(C=C3CCN(c4ccccc4)C3=O)=CS[C@H]12. The number of hydrogen-bond acceptors (Lipinski definition) is 7. The second-order valence-electron chi connectivity index (χ2n) is 12.3. The molecular weight excluding hydrogens is 602 g/mol. The van der Waals surface area contributed by atoms with Gasteiger partial charge in [-0.2, -0.15) is 0 Å². The fourth-order valence-corrected chi connectivity index (χ4v) is 6.97. The molecule has 2 fully saturated rings. The molecule has 3 aromatic carbocycles. The van der Waals surface area contributed by atoms with E-state index in [0.29, 0.717) is 24.1 Å². The van der Waals surface area contributed by atoms with Crippen LogP contribution in [-0.2, 0) is 23.9 Å². The minimum absolute atomic E-state index is 0.155. The van der Waals surface area contributed by atoms with E-state index < -0.39 is 47.1 Å². The van der Waals surface area contributed by atoms with Gasteiger partial charge in [-0.3, -0.25) is 9.59 Å². The summed E-state index contributed by atoms with van der Waals surface area (Å²) in [5.41, 5.74) is 2.61. The molecule has 2 saturated heterocycles. The molecule has 3 aliphatic rings. The predicted molar refractivity (Wildman–Crippen MR) is 176 cm³/mol. The van der Waals surface area contributed by atoms with E-state index in [1.807, 2.05) is 91.0 Å². The second-order valence-corrected chi connectivity index (χ2v) is 13.3. The number of rotatable bonds is 7. The fourth-order valence-electron chi connectivity index (χ4n) is 5.78. The first kappa shape index (κ1) is 31.2. The van der Waals surface area contributed by atoms with Crippen molar-refractivity contribution < 1.29 is 28.7 Å².